The summed E-state index contributed by atoms with van der Waals surface area (Å²) in [6, 6.07) is 21.4. The molecule has 1 aliphatic heterocycles. The monoisotopic (exact) mass is 375 g/mol. The van der Waals surface area contributed by atoms with E-state index in [-0.39, 0.29) is 11.8 Å². The summed E-state index contributed by atoms with van der Waals surface area (Å²) >= 11 is 0. The lowest BCUT2D eigenvalue weighted by atomic mass is 9.89. The fraction of sp³-hybridized carbons (Fsp3) is 0.480. The average Bonchev–Trinajstić information content (AvgIpc) is 3.39. The summed E-state index contributed by atoms with van der Waals surface area (Å²) < 4.78 is 0. The summed E-state index contributed by atoms with van der Waals surface area (Å²) in [6.07, 6.45) is 5.83. The number of rotatable bonds is 4. The van der Waals surface area contributed by atoms with Gasteiger partial charge in [-0.25, -0.2) is 0 Å². The van der Waals surface area contributed by atoms with Gasteiger partial charge in [0, 0.05) is 12.3 Å². The van der Waals surface area contributed by atoms with Crippen molar-refractivity contribution in [1.29, 1.82) is 0 Å². The third-order valence-electron chi connectivity index (χ3n) is 7.49. The first-order valence-electron chi connectivity index (χ1n) is 11.0. The molecule has 0 spiro atoms. The zero-order chi connectivity index (χ0) is 18.9. The highest BCUT2D eigenvalue weighted by Gasteiger charge is 2.46. The molecule has 2 aromatic carbocycles. The van der Waals surface area contributed by atoms with E-state index in [0.29, 0.717) is 0 Å². The van der Waals surface area contributed by atoms with Crippen molar-refractivity contribution < 1.29 is 9.69 Å². The van der Waals surface area contributed by atoms with E-state index in [1.807, 2.05) is 36.4 Å². The van der Waals surface area contributed by atoms with Crippen molar-refractivity contribution in [3.63, 3.8) is 0 Å². The van der Waals surface area contributed by atoms with Gasteiger partial charge < -0.3 is 9.80 Å². The number of nitrogens with zero attached hydrogens (tertiary/aromatic N) is 1. The summed E-state index contributed by atoms with van der Waals surface area (Å²) in [4.78, 5) is 17.5. The van der Waals surface area contributed by atoms with Gasteiger partial charge >= 0.3 is 0 Å². The SMILES string of the molecule is O=C(C(c1ccccc1)c1ccccc1)N1CC[NH+]([C@H]2C[C@@H]3CC[C@H]2C3)CC1. The molecule has 0 radical (unpaired) electrons. The first-order valence-corrected chi connectivity index (χ1v) is 11.0. The molecule has 1 saturated heterocycles. The molecule has 146 valence electrons. The van der Waals surface area contributed by atoms with Crippen LogP contribution in [0.4, 0.5) is 0 Å². The van der Waals surface area contributed by atoms with E-state index in [4.69, 9.17) is 0 Å². The molecule has 2 aliphatic carbocycles. The van der Waals surface area contributed by atoms with Gasteiger partial charge in [0.1, 0.15) is 0 Å². The zero-order valence-corrected chi connectivity index (χ0v) is 16.6. The maximum atomic E-state index is 13.6. The highest BCUT2D eigenvalue weighted by molar-refractivity contribution is 5.87. The van der Waals surface area contributed by atoms with Crippen LogP contribution >= 0.6 is 0 Å². The molecule has 3 nitrogen and oxygen atoms in total. The van der Waals surface area contributed by atoms with Gasteiger partial charge in [0.25, 0.3) is 0 Å². The van der Waals surface area contributed by atoms with Crippen molar-refractivity contribution in [2.75, 3.05) is 26.2 Å². The summed E-state index contributed by atoms with van der Waals surface area (Å²) in [7, 11) is 0. The molecule has 5 rings (SSSR count). The Kier molecular flexibility index (Phi) is 4.94. The van der Waals surface area contributed by atoms with Crippen LogP contribution in [-0.4, -0.2) is 43.0 Å². The number of quaternary nitrogens is 1. The molecule has 1 N–H and O–H groups in total. The number of piperazine rings is 1. The van der Waals surface area contributed by atoms with E-state index in [0.717, 1.165) is 55.2 Å². The van der Waals surface area contributed by atoms with E-state index >= 15 is 0 Å². The molecule has 2 aromatic rings. The van der Waals surface area contributed by atoms with Crippen LogP contribution in [-0.2, 0) is 4.79 Å². The molecular weight excluding hydrogens is 344 g/mol. The third-order valence-corrected chi connectivity index (χ3v) is 7.49. The average molecular weight is 376 g/mol. The molecule has 3 atom stereocenters. The van der Waals surface area contributed by atoms with Gasteiger partial charge in [-0.1, -0.05) is 60.7 Å². The Morgan fingerprint density at radius 1 is 0.857 bits per heavy atom. The van der Waals surface area contributed by atoms with Crippen LogP contribution in [0.25, 0.3) is 0 Å². The predicted molar refractivity (Wildman–Crippen MR) is 111 cm³/mol. The highest BCUT2D eigenvalue weighted by Crippen LogP contribution is 2.43. The molecule has 3 aliphatic rings. The minimum absolute atomic E-state index is 0.188. The molecular formula is C25H31N2O+. The molecule has 3 heteroatoms. The van der Waals surface area contributed by atoms with E-state index in [1.165, 1.54) is 25.7 Å². The maximum Gasteiger partial charge on any atom is 0.234 e. The van der Waals surface area contributed by atoms with Crippen LogP contribution in [0.2, 0.25) is 0 Å². The highest BCUT2D eigenvalue weighted by atomic mass is 16.2. The Balaban J connectivity index is 1.30. The largest absolute Gasteiger partial charge is 0.331 e. The Morgan fingerprint density at radius 2 is 1.46 bits per heavy atom. The minimum Gasteiger partial charge on any atom is -0.331 e. The molecule has 28 heavy (non-hydrogen) atoms. The molecule has 0 unspecified atom stereocenters. The van der Waals surface area contributed by atoms with Gasteiger partial charge in [0.15, 0.2) is 0 Å². The normalized spacial score (nSPS) is 27.5. The Labute approximate surface area is 168 Å². The topological polar surface area (TPSA) is 24.8 Å². The van der Waals surface area contributed by atoms with Gasteiger partial charge in [-0.3, -0.25) is 4.79 Å². The predicted octanol–water partition coefficient (Wildman–Crippen LogP) is 2.73. The van der Waals surface area contributed by atoms with E-state index in [2.05, 4.69) is 29.2 Å². The summed E-state index contributed by atoms with van der Waals surface area (Å²) in [5.74, 6) is 2.04. The standard InChI is InChI=1S/C25H30N2O/c28-25(24(20-7-3-1-4-8-20)21-9-5-2-6-10-21)27-15-13-26(14-16-27)23-18-19-11-12-22(23)17-19/h1-10,19,22-24H,11-18H2/p+1/t19-,22+,23+/m1/s1. The van der Waals surface area contributed by atoms with Crippen LogP contribution in [0.3, 0.4) is 0 Å². The quantitative estimate of drug-likeness (QED) is 0.873. The lowest BCUT2D eigenvalue weighted by Gasteiger charge is -2.39. The number of hydrogen-bond donors (Lipinski definition) is 1. The smallest absolute Gasteiger partial charge is 0.234 e. The first-order chi connectivity index (χ1) is 13.8. The summed E-state index contributed by atoms with van der Waals surface area (Å²) in [5, 5.41) is 0. The van der Waals surface area contributed by atoms with Crippen molar-refractivity contribution in [2.24, 2.45) is 11.8 Å². The molecule has 1 amide bonds. The van der Waals surface area contributed by atoms with Gasteiger partial charge in [-0.05, 0) is 36.3 Å². The Morgan fingerprint density at radius 3 is 1.96 bits per heavy atom. The summed E-state index contributed by atoms with van der Waals surface area (Å²) in [6.45, 7) is 4.04. The fourth-order valence-corrected chi connectivity index (χ4v) is 6.08. The molecule has 2 bridgehead atoms. The third kappa shape index (κ3) is 3.37. The number of benzene rings is 2. The van der Waals surface area contributed by atoms with Gasteiger partial charge in [-0.2, -0.15) is 0 Å². The van der Waals surface area contributed by atoms with E-state index in [9.17, 15) is 4.79 Å². The van der Waals surface area contributed by atoms with Crippen LogP contribution in [0.15, 0.2) is 60.7 Å². The Hall–Kier alpha value is -2.13. The van der Waals surface area contributed by atoms with Crippen molar-refractivity contribution in [1.82, 2.24) is 4.90 Å². The van der Waals surface area contributed by atoms with Crippen molar-refractivity contribution in [3.8, 4) is 0 Å². The van der Waals surface area contributed by atoms with Crippen LogP contribution in [0, 0.1) is 11.8 Å². The molecule has 2 saturated carbocycles. The minimum atomic E-state index is -0.188. The second-order valence-electron chi connectivity index (χ2n) is 9.02. The number of nitrogens with one attached hydrogen (secondary N) is 1. The van der Waals surface area contributed by atoms with Crippen LogP contribution < -0.4 is 4.90 Å². The maximum absolute atomic E-state index is 13.6. The second-order valence-corrected chi connectivity index (χ2v) is 9.02. The number of carbonyl (C=O) groups is 1. The second kappa shape index (κ2) is 7.71. The van der Waals surface area contributed by atoms with Crippen molar-refractivity contribution >= 4 is 5.91 Å². The number of amides is 1. The van der Waals surface area contributed by atoms with Crippen LogP contribution in [0.5, 0.6) is 0 Å². The molecule has 0 aromatic heterocycles. The Bertz CT molecular complexity index is 758. The van der Waals surface area contributed by atoms with E-state index in [1.54, 1.807) is 4.90 Å². The van der Waals surface area contributed by atoms with Gasteiger partial charge in [-0.15, -0.1) is 0 Å². The lowest BCUT2D eigenvalue weighted by molar-refractivity contribution is -0.932. The molecule has 1 heterocycles. The van der Waals surface area contributed by atoms with Crippen molar-refractivity contribution in [3.05, 3.63) is 71.8 Å². The lowest BCUT2D eigenvalue weighted by Crippen LogP contribution is -3.18. The van der Waals surface area contributed by atoms with Gasteiger partial charge in [0.2, 0.25) is 5.91 Å². The van der Waals surface area contributed by atoms with Gasteiger partial charge in [0.05, 0.1) is 38.1 Å². The molecule has 3 fully saturated rings. The van der Waals surface area contributed by atoms with E-state index < -0.39 is 0 Å². The van der Waals surface area contributed by atoms with Crippen LogP contribution in [0.1, 0.15) is 42.7 Å². The first kappa shape index (κ1) is 17.9. The fourth-order valence-electron chi connectivity index (χ4n) is 6.08. The van der Waals surface area contributed by atoms with Crippen molar-refractivity contribution in [2.45, 2.75) is 37.6 Å². The number of fused-ring (bicyclic) bond motifs is 2. The number of hydrogen-bond acceptors (Lipinski definition) is 1. The number of carbonyl (C=O) groups excluding carboxylic acids is 1. The zero-order valence-electron chi connectivity index (χ0n) is 16.6. The summed E-state index contributed by atoms with van der Waals surface area (Å²) in [5.41, 5.74) is 2.20.